The van der Waals surface area contributed by atoms with E-state index >= 15 is 0 Å². The molecule has 0 radical (unpaired) electrons. The zero-order valence-corrected chi connectivity index (χ0v) is 17.0. The molecule has 0 atom stereocenters. The van der Waals surface area contributed by atoms with Crippen LogP contribution in [0.2, 0.25) is 5.02 Å². The van der Waals surface area contributed by atoms with Crippen molar-refractivity contribution in [1.29, 1.82) is 0 Å². The van der Waals surface area contributed by atoms with Crippen molar-refractivity contribution < 1.29 is 9.72 Å². The third kappa shape index (κ3) is 4.62. The minimum Gasteiger partial charge on any atom is -0.342 e. The van der Waals surface area contributed by atoms with Gasteiger partial charge in [0.25, 0.3) is 11.6 Å². The van der Waals surface area contributed by atoms with Gasteiger partial charge in [-0.2, -0.15) is 5.10 Å². The predicted molar refractivity (Wildman–Crippen MR) is 121 cm³/mol. The lowest BCUT2D eigenvalue weighted by Gasteiger charge is -2.05. The van der Waals surface area contributed by atoms with Gasteiger partial charge in [-0.15, -0.1) is 0 Å². The topological polar surface area (TPSA) is 89.5 Å². The number of carbonyl (C=O) groups is 1. The van der Waals surface area contributed by atoms with Gasteiger partial charge in [-0.3, -0.25) is 14.9 Å². The van der Waals surface area contributed by atoms with Gasteiger partial charge in [0.1, 0.15) is 0 Å². The highest BCUT2D eigenvalue weighted by molar-refractivity contribution is 6.30. The number of hydrazone groups is 1. The first-order chi connectivity index (χ1) is 15.0. The summed E-state index contributed by atoms with van der Waals surface area (Å²) in [4.78, 5) is 22.6. The van der Waals surface area contributed by atoms with Gasteiger partial charge in [0.05, 0.1) is 11.1 Å². The van der Waals surface area contributed by atoms with Crippen molar-refractivity contribution in [2.75, 3.05) is 0 Å². The van der Waals surface area contributed by atoms with E-state index in [1.54, 1.807) is 6.21 Å². The fraction of sp³-hybridized carbons (Fsp3) is 0.0435. The first-order valence-corrected chi connectivity index (χ1v) is 9.79. The van der Waals surface area contributed by atoms with Crippen LogP contribution in [0.1, 0.15) is 21.5 Å². The smallest absolute Gasteiger partial charge is 0.271 e. The van der Waals surface area contributed by atoms with Crippen molar-refractivity contribution in [2.24, 2.45) is 5.10 Å². The van der Waals surface area contributed by atoms with Gasteiger partial charge in [0.15, 0.2) is 0 Å². The molecule has 3 aromatic carbocycles. The molecule has 0 spiro atoms. The van der Waals surface area contributed by atoms with E-state index in [0.29, 0.717) is 11.6 Å². The maximum Gasteiger partial charge on any atom is 0.271 e. The van der Waals surface area contributed by atoms with Crippen LogP contribution in [0, 0.1) is 10.1 Å². The Bertz CT molecular complexity index is 1300. The van der Waals surface area contributed by atoms with Crippen molar-refractivity contribution in [3.8, 4) is 0 Å². The van der Waals surface area contributed by atoms with Crippen LogP contribution in [0.5, 0.6) is 0 Å². The summed E-state index contributed by atoms with van der Waals surface area (Å²) < 4.78 is 2.10. The molecular formula is C23H17ClN4O3. The van der Waals surface area contributed by atoms with Gasteiger partial charge in [-0.05, 0) is 29.8 Å². The number of rotatable bonds is 6. The van der Waals surface area contributed by atoms with Gasteiger partial charge < -0.3 is 4.57 Å². The van der Waals surface area contributed by atoms with Crippen molar-refractivity contribution >= 4 is 40.3 Å². The maximum atomic E-state index is 12.3. The molecule has 1 heterocycles. The number of nitro benzene ring substituents is 1. The molecule has 0 aliphatic carbocycles. The molecule has 4 rings (SSSR count). The number of nitro groups is 1. The first kappa shape index (κ1) is 20.3. The van der Waals surface area contributed by atoms with E-state index in [-0.39, 0.29) is 11.3 Å². The number of hydrogen-bond donors (Lipinski definition) is 1. The quantitative estimate of drug-likeness (QED) is 0.263. The standard InChI is InChI=1S/C23H17ClN4O3/c24-19-10-8-16(9-11-19)14-27-15-18(21-6-1-2-7-22(21)27)13-25-26-23(29)17-4-3-5-20(12-17)28(30)31/h1-13,15H,14H2,(H,26,29)/b25-13-. The van der Waals surface area contributed by atoms with Gasteiger partial charge in [0, 0.05) is 51.9 Å². The maximum absolute atomic E-state index is 12.3. The number of aromatic nitrogens is 1. The van der Waals surface area contributed by atoms with Gasteiger partial charge in [-0.1, -0.05) is 48.0 Å². The molecule has 8 heteroatoms. The summed E-state index contributed by atoms with van der Waals surface area (Å²) in [6.07, 6.45) is 3.53. The number of amides is 1. The molecule has 0 aliphatic rings. The van der Waals surface area contributed by atoms with E-state index in [9.17, 15) is 14.9 Å². The summed E-state index contributed by atoms with van der Waals surface area (Å²) >= 11 is 5.97. The van der Waals surface area contributed by atoms with E-state index < -0.39 is 10.8 Å². The molecule has 1 amide bonds. The van der Waals surface area contributed by atoms with Crippen molar-refractivity contribution in [3.63, 3.8) is 0 Å². The Balaban J connectivity index is 1.55. The van der Waals surface area contributed by atoms with Crippen LogP contribution in [0.15, 0.2) is 84.1 Å². The van der Waals surface area contributed by atoms with E-state index in [1.807, 2.05) is 54.7 Å². The van der Waals surface area contributed by atoms with Crippen LogP contribution in [0.4, 0.5) is 5.69 Å². The number of hydrogen-bond acceptors (Lipinski definition) is 4. The van der Waals surface area contributed by atoms with Crippen LogP contribution in [0.3, 0.4) is 0 Å². The molecule has 0 saturated heterocycles. The van der Waals surface area contributed by atoms with Crippen LogP contribution in [0.25, 0.3) is 10.9 Å². The normalized spacial score (nSPS) is 11.1. The molecule has 0 saturated carbocycles. The summed E-state index contributed by atoms with van der Waals surface area (Å²) in [6, 6.07) is 21.1. The number of nitrogens with zero attached hydrogens (tertiary/aromatic N) is 3. The second-order valence-electron chi connectivity index (χ2n) is 6.86. The van der Waals surface area contributed by atoms with E-state index in [4.69, 9.17) is 11.6 Å². The fourth-order valence-corrected chi connectivity index (χ4v) is 3.41. The van der Waals surface area contributed by atoms with Crippen LogP contribution < -0.4 is 5.43 Å². The Labute approximate surface area is 182 Å². The number of benzene rings is 3. The van der Waals surface area contributed by atoms with E-state index in [1.165, 1.54) is 24.3 Å². The number of nitrogens with one attached hydrogen (secondary N) is 1. The Morgan fingerprint density at radius 1 is 1.10 bits per heavy atom. The highest BCUT2D eigenvalue weighted by Crippen LogP contribution is 2.22. The molecule has 0 fully saturated rings. The number of non-ortho nitro benzene ring substituents is 1. The largest absolute Gasteiger partial charge is 0.342 e. The van der Waals surface area contributed by atoms with Crippen molar-refractivity contribution in [2.45, 2.75) is 6.54 Å². The molecule has 1 aromatic heterocycles. The molecule has 154 valence electrons. The van der Waals surface area contributed by atoms with Gasteiger partial charge >= 0.3 is 0 Å². The Hall–Kier alpha value is -3.97. The Morgan fingerprint density at radius 2 is 1.87 bits per heavy atom. The molecular weight excluding hydrogens is 416 g/mol. The number of halogens is 1. The monoisotopic (exact) mass is 432 g/mol. The zero-order valence-electron chi connectivity index (χ0n) is 16.2. The lowest BCUT2D eigenvalue weighted by Crippen LogP contribution is -2.17. The number of para-hydroxylation sites is 1. The molecule has 0 aliphatic heterocycles. The predicted octanol–water partition coefficient (Wildman–Crippen LogP) is 5.02. The number of fused-ring (bicyclic) bond motifs is 1. The summed E-state index contributed by atoms with van der Waals surface area (Å²) in [7, 11) is 0. The summed E-state index contributed by atoms with van der Waals surface area (Å²) in [5, 5.41) is 16.6. The lowest BCUT2D eigenvalue weighted by atomic mass is 10.2. The van der Waals surface area contributed by atoms with Crippen molar-refractivity contribution in [3.05, 3.63) is 111 Å². The fourth-order valence-electron chi connectivity index (χ4n) is 3.28. The lowest BCUT2D eigenvalue weighted by molar-refractivity contribution is -0.384. The number of carbonyl (C=O) groups excluding carboxylic acids is 1. The molecule has 0 bridgehead atoms. The van der Waals surface area contributed by atoms with E-state index in [2.05, 4.69) is 15.1 Å². The van der Waals surface area contributed by atoms with Gasteiger partial charge in [0.2, 0.25) is 0 Å². The minimum absolute atomic E-state index is 0.151. The average molecular weight is 433 g/mol. The highest BCUT2D eigenvalue weighted by Gasteiger charge is 2.11. The van der Waals surface area contributed by atoms with Crippen LogP contribution in [-0.4, -0.2) is 21.6 Å². The third-order valence-electron chi connectivity index (χ3n) is 4.77. The SMILES string of the molecule is O=C(N/N=C\c1cn(Cc2ccc(Cl)cc2)c2ccccc12)c1cccc([N+](=O)[O-])c1. The Kier molecular flexibility index (Phi) is 5.77. The van der Waals surface area contributed by atoms with Crippen molar-refractivity contribution in [1.82, 2.24) is 9.99 Å². The second-order valence-corrected chi connectivity index (χ2v) is 7.30. The average Bonchev–Trinajstić information content (AvgIpc) is 3.13. The summed E-state index contributed by atoms with van der Waals surface area (Å²) in [5.41, 5.74) is 5.41. The third-order valence-corrected chi connectivity index (χ3v) is 5.03. The molecule has 7 nitrogen and oxygen atoms in total. The molecule has 1 N–H and O–H groups in total. The van der Waals surface area contributed by atoms with E-state index in [0.717, 1.165) is 22.0 Å². The van der Waals surface area contributed by atoms with Crippen LogP contribution in [-0.2, 0) is 6.54 Å². The highest BCUT2D eigenvalue weighted by atomic mass is 35.5. The summed E-state index contributed by atoms with van der Waals surface area (Å²) in [6.45, 7) is 0.658. The molecule has 0 unspecified atom stereocenters. The second kappa shape index (κ2) is 8.81. The molecule has 31 heavy (non-hydrogen) atoms. The first-order valence-electron chi connectivity index (χ1n) is 9.41. The van der Waals surface area contributed by atoms with Crippen LogP contribution >= 0.6 is 11.6 Å². The van der Waals surface area contributed by atoms with Gasteiger partial charge in [-0.25, -0.2) is 5.43 Å². The molecule has 4 aromatic rings. The Morgan fingerprint density at radius 3 is 2.65 bits per heavy atom. The zero-order chi connectivity index (χ0) is 21.8. The minimum atomic E-state index is -0.546. The summed E-state index contributed by atoms with van der Waals surface area (Å²) in [5.74, 6) is -0.523.